The summed E-state index contributed by atoms with van der Waals surface area (Å²) < 4.78 is 13.6. The van der Waals surface area contributed by atoms with E-state index in [2.05, 4.69) is 51.4 Å². The van der Waals surface area contributed by atoms with Gasteiger partial charge in [0.15, 0.2) is 0 Å². The van der Waals surface area contributed by atoms with Crippen LogP contribution in [0.2, 0.25) is 0 Å². The van der Waals surface area contributed by atoms with E-state index in [4.69, 9.17) is 0 Å². The van der Waals surface area contributed by atoms with E-state index in [9.17, 15) is 4.39 Å². The van der Waals surface area contributed by atoms with Crippen molar-refractivity contribution in [3.8, 4) is 0 Å². The number of nitrogens with zero attached hydrogens (tertiary/aromatic N) is 1. The molecule has 1 N–H and O–H groups in total. The molecule has 0 spiro atoms. The van der Waals surface area contributed by atoms with E-state index < -0.39 is 0 Å². The third kappa shape index (κ3) is 4.26. The first-order valence-corrected chi connectivity index (χ1v) is 7.10. The van der Waals surface area contributed by atoms with Gasteiger partial charge >= 0.3 is 0 Å². The number of hydrogen-bond acceptors (Lipinski definition) is 2. The smallest absolute Gasteiger partial charge is 0.146 e. The molecule has 20 heavy (non-hydrogen) atoms. The third-order valence-electron chi connectivity index (χ3n) is 3.09. The maximum Gasteiger partial charge on any atom is 0.146 e. The molecule has 1 aromatic rings. The first-order chi connectivity index (χ1) is 9.15. The molecule has 0 saturated heterocycles. The second kappa shape index (κ2) is 6.29. The molecule has 0 aromatic heterocycles. The van der Waals surface area contributed by atoms with Crippen LogP contribution < -0.4 is 10.2 Å². The Morgan fingerprint density at radius 3 is 2.40 bits per heavy atom. The van der Waals surface area contributed by atoms with Crippen molar-refractivity contribution in [3.63, 3.8) is 0 Å². The topological polar surface area (TPSA) is 15.3 Å². The number of anilines is 2. The number of benzene rings is 1. The Hall–Kier alpha value is -1.51. The lowest BCUT2D eigenvalue weighted by atomic mass is 9.90. The summed E-state index contributed by atoms with van der Waals surface area (Å²) in [5.41, 5.74) is 2.72. The molecule has 0 saturated carbocycles. The minimum absolute atomic E-state index is 0.177. The monoisotopic (exact) mass is 278 g/mol. The number of halogens is 1. The predicted octanol–water partition coefficient (Wildman–Crippen LogP) is 5.03. The first-order valence-electron chi connectivity index (χ1n) is 7.10. The highest BCUT2D eigenvalue weighted by Crippen LogP contribution is 2.32. The molecule has 1 rings (SSSR count). The SMILES string of the molecule is C=C(CC(C)(C)C)N(c1ccc(F)c(NC)c1)C(C)C. The second-order valence-corrected chi connectivity index (χ2v) is 6.68. The molecule has 0 fully saturated rings. The molecule has 0 aliphatic heterocycles. The molecule has 0 aliphatic carbocycles. The molecule has 3 heteroatoms. The zero-order valence-electron chi connectivity index (χ0n) is 13.5. The molecule has 112 valence electrons. The fourth-order valence-electron chi connectivity index (χ4n) is 2.40. The van der Waals surface area contributed by atoms with Crippen LogP contribution >= 0.6 is 0 Å². The average Bonchev–Trinajstić information content (AvgIpc) is 2.28. The van der Waals surface area contributed by atoms with Crippen molar-refractivity contribution in [2.45, 2.75) is 47.1 Å². The Bertz CT molecular complexity index is 472. The van der Waals surface area contributed by atoms with E-state index in [1.165, 1.54) is 6.07 Å². The molecule has 0 bridgehead atoms. The van der Waals surface area contributed by atoms with Gasteiger partial charge in [-0.3, -0.25) is 0 Å². The van der Waals surface area contributed by atoms with Gasteiger partial charge in [0.25, 0.3) is 0 Å². The fraction of sp³-hybridized carbons (Fsp3) is 0.529. The predicted molar refractivity (Wildman–Crippen MR) is 86.8 cm³/mol. The molecule has 1 aromatic carbocycles. The minimum atomic E-state index is -0.235. The molecular weight excluding hydrogens is 251 g/mol. The van der Waals surface area contributed by atoms with Gasteiger partial charge in [0.2, 0.25) is 0 Å². The van der Waals surface area contributed by atoms with Gasteiger partial charge in [-0.05, 0) is 43.9 Å². The number of nitrogens with one attached hydrogen (secondary N) is 1. The van der Waals surface area contributed by atoms with Crippen molar-refractivity contribution in [2.75, 3.05) is 17.3 Å². The van der Waals surface area contributed by atoms with Crippen molar-refractivity contribution >= 4 is 11.4 Å². The third-order valence-corrected chi connectivity index (χ3v) is 3.09. The molecule has 0 atom stereocenters. The molecule has 0 amide bonds. The Labute approximate surface area is 122 Å². The number of hydrogen-bond donors (Lipinski definition) is 1. The van der Waals surface area contributed by atoms with Crippen molar-refractivity contribution in [3.05, 3.63) is 36.3 Å². The highest BCUT2D eigenvalue weighted by atomic mass is 19.1. The van der Waals surface area contributed by atoms with Gasteiger partial charge in [0.1, 0.15) is 5.82 Å². The van der Waals surface area contributed by atoms with E-state index >= 15 is 0 Å². The summed E-state index contributed by atoms with van der Waals surface area (Å²) in [4.78, 5) is 2.17. The van der Waals surface area contributed by atoms with E-state index in [0.717, 1.165) is 17.8 Å². The van der Waals surface area contributed by atoms with Crippen molar-refractivity contribution in [2.24, 2.45) is 5.41 Å². The molecule has 0 radical (unpaired) electrons. The summed E-state index contributed by atoms with van der Waals surface area (Å²) in [5.74, 6) is -0.235. The maximum absolute atomic E-state index is 13.6. The number of rotatable bonds is 5. The van der Waals surface area contributed by atoms with Gasteiger partial charge in [-0.2, -0.15) is 0 Å². The summed E-state index contributed by atoms with van der Waals surface area (Å²) in [5, 5.41) is 2.89. The molecule has 0 aliphatic rings. The molecule has 0 unspecified atom stereocenters. The van der Waals surface area contributed by atoms with E-state index in [1.54, 1.807) is 7.05 Å². The minimum Gasteiger partial charge on any atom is -0.386 e. The van der Waals surface area contributed by atoms with Gasteiger partial charge in [-0.1, -0.05) is 27.4 Å². The quantitative estimate of drug-likeness (QED) is 0.812. The summed E-state index contributed by atoms with van der Waals surface area (Å²) in [6, 6.07) is 5.42. The second-order valence-electron chi connectivity index (χ2n) is 6.68. The lowest BCUT2D eigenvalue weighted by molar-refractivity contribution is 0.402. The highest BCUT2D eigenvalue weighted by Gasteiger charge is 2.20. The number of allylic oxidation sites excluding steroid dienone is 1. The van der Waals surface area contributed by atoms with Crippen molar-refractivity contribution < 1.29 is 4.39 Å². The Balaban J connectivity index is 3.11. The van der Waals surface area contributed by atoms with Gasteiger partial charge in [0, 0.05) is 24.5 Å². The summed E-state index contributed by atoms with van der Waals surface area (Å²) in [6.07, 6.45) is 0.900. The lowest BCUT2D eigenvalue weighted by Gasteiger charge is -2.34. The summed E-state index contributed by atoms with van der Waals surface area (Å²) in [7, 11) is 1.73. The van der Waals surface area contributed by atoms with Gasteiger partial charge in [-0.15, -0.1) is 0 Å². The Kier molecular flexibility index (Phi) is 5.21. The Morgan fingerprint density at radius 1 is 1.35 bits per heavy atom. The van der Waals surface area contributed by atoms with Crippen LogP contribution in [0.1, 0.15) is 41.0 Å². The molecular formula is C17H27FN2. The highest BCUT2D eigenvalue weighted by molar-refractivity contribution is 5.61. The lowest BCUT2D eigenvalue weighted by Crippen LogP contribution is -2.31. The fourth-order valence-corrected chi connectivity index (χ4v) is 2.40. The van der Waals surface area contributed by atoms with Crippen LogP contribution in [0.15, 0.2) is 30.5 Å². The van der Waals surface area contributed by atoms with E-state index in [-0.39, 0.29) is 17.3 Å². The van der Waals surface area contributed by atoms with Crippen LogP contribution in [0.25, 0.3) is 0 Å². The van der Waals surface area contributed by atoms with Gasteiger partial charge in [-0.25, -0.2) is 4.39 Å². The van der Waals surface area contributed by atoms with Gasteiger partial charge < -0.3 is 10.2 Å². The van der Waals surface area contributed by atoms with Crippen LogP contribution in [-0.4, -0.2) is 13.1 Å². The average molecular weight is 278 g/mol. The molecule has 2 nitrogen and oxygen atoms in total. The normalized spacial score (nSPS) is 11.6. The van der Waals surface area contributed by atoms with Gasteiger partial charge in [0.05, 0.1) is 5.69 Å². The van der Waals surface area contributed by atoms with Crippen LogP contribution in [0, 0.1) is 11.2 Å². The summed E-state index contributed by atoms with van der Waals surface area (Å²) in [6.45, 7) is 15.1. The summed E-state index contributed by atoms with van der Waals surface area (Å²) >= 11 is 0. The van der Waals surface area contributed by atoms with Crippen LogP contribution in [0.3, 0.4) is 0 Å². The van der Waals surface area contributed by atoms with Crippen LogP contribution in [0.5, 0.6) is 0 Å². The Morgan fingerprint density at radius 2 is 1.95 bits per heavy atom. The maximum atomic E-state index is 13.6. The molecule has 0 heterocycles. The van der Waals surface area contributed by atoms with Crippen LogP contribution in [0.4, 0.5) is 15.8 Å². The van der Waals surface area contributed by atoms with Crippen LogP contribution in [-0.2, 0) is 0 Å². The van der Waals surface area contributed by atoms with Crippen molar-refractivity contribution in [1.82, 2.24) is 0 Å². The zero-order valence-corrected chi connectivity index (χ0v) is 13.5. The largest absolute Gasteiger partial charge is 0.386 e. The zero-order chi connectivity index (χ0) is 15.5. The van der Waals surface area contributed by atoms with Crippen molar-refractivity contribution in [1.29, 1.82) is 0 Å². The standard InChI is InChI=1S/C17H27FN2/c1-12(2)20(13(3)11-17(4,5)6)14-8-9-15(18)16(10-14)19-7/h8-10,12,19H,3,11H2,1-2,4-7H3. The van der Waals surface area contributed by atoms with E-state index in [1.807, 2.05) is 12.1 Å². The first kappa shape index (κ1) is 16.5. The van der Waals surface area contributed by atoms with E-state index in [0.29, 0.717) is 5.69 Å².